The SMILES string of the molecule is COc1ccc(C[C@H](C(=O)O[C@@H]2C[C@H](C)CC[C@H]2C(C)C)C(=O)c2ccccc2)cc1. The molecule has 166 valence electrons. The highest BCUT2D eigenvalue weighted by Crippen LogP contribution is 2.36. The predicted octanol–water partition coefficient (Wildman–Crippen LogP) is 5.74. The number of ketones is 1. The van der Waals surface area contributed by atoms with Crippen molar-refractivity contribution in [3.05, 3.63) is 65.7 Å². The van der Waals surface area contributed by atoms with Gasteiger partial charge < -0.3 is 9.47 Å². The molecule has 0 bridgehead atoms. The lowest BCUT2D eigenvalue weighted by atomic mass is 9.75. The van der Waals surface area contributed by atoms with Crippen LogP contribution < -0.4 is 4.74 Å². The van der Waals surface area contributed by atoms with Crippen molar-refractivity contribution in [3.8, 4) is 5.75 Å². The fourth-order valence-electron chi connectivity index (χ4n) is 4.57. The van der Waals surface area contributed by atoms with Gasteiger partial charge in [0.25, 0.3) is 0 Å². The van der Waals surface area contributed by atoms with Crippen molar-refractivity contribution < 1.29 is 19.1 Å². The molecule has 0 unspecified atom stereocenters. The molecule has 31 heavy (non-hydrogen) atoms. The summed E-state index contributed by atoms with van der Waals surface area (Å²) >= 11 is 0. The molecule has 0 aliphatic heterocycles. The Balaban J connectivity index is 1.83. The van der Waals surface area contributed by atoms with Gasteiger partial charge >= 0.3 is 5.97 Å². The van der Waals surface area contributed by atoms with E-state index in [1.165, 1.54) is 0 Å². The number of hydrogen-bond donors (Lipinski definition) is 0. The Morgan fingerprint density at radius 1 is 1.00 bits per heavy atom. The first-order chi connectivity index (χ1) is 14.9. The second-order valence-electron chi connectivity index (χ2n) is 9.14. The fraction of sp³-hybridized carbons (Fsp3) is 0.481. The molecule has 1 aliphatic carbocycles. The van der Waals surface area contributed by atoms with Crippen molar-refractivity contribution in [2.24, 2.45) is 23.7 Å². The van der Waals surface area contributed by atoms with Gasteiger partial charge in [-0.2, -0.15) is 0 Å². The van der Waals surface area contributed by atoms with Gasteiger partial charge in [-0.25, -0.2) is 0 Å². The van der Waals surface area contributed by atoms with Crippen molar-refractivity contribution in [2.45, 2.75) is 52.6 Å². The third-order valence-electron chi connectivity index (χ3n) is 6.49. The van der Waals surface area contributed by atoms with E-state index in [-0.39, 0.29) is 11.9 Å². The maximum atomic E-state index is 13.4. The summed E-state index contributed by atoms with van der Waals surface area (Å²) in [5.41, 5.74) is 1.44. The van der Waals surface area contributed by atoms with Crippen LogP contribution in [0.25, 0.3) is 0 Å². The van der Waals surface area contributed by atoms with Gasteiger partial charge in [-0.15, -0.1) is 0 Å². The third kappa shape index (κ3) is 5.96. The topological polar surface area (TPSA) is 52.6 Å². The van der Waals surface area contributed by atoms with E-state index in [2.05, 4.69) is 20.8 Å². The zero-order chi connectivity index (χ0) is 22.4. The minimum absolute atomic E-state index is 0.127. The molecule has 4 heteroatoms. The summed E-state index contributed by atoms with van der Waals surface area (Å²) in [6.45, 7) is 6.58. The van der Waals surface area contributed by atoms with Gasteiger partial charge in [0, 0.05) is 5.56 Å². The van der Waals surface area contributed by atoms with E-state index in [1.807, 2.05) is 42.5 Å². The summed E-state index contributed by atoms with van der Waals surface area (Å²) in [5.74, 6) is 0.594. The summed E-state index contributed by atoms with van der Waals surface area (Å²) in [4.78, 5) is 26.7. The van der Waals surface area contributed by atoms with Crippen LogP contribution in [0, 0.1) is 23.7 Å². The number of benzene rings is 2. The van der Waals surface area contributed by atoms with Crippen LogP contribution in [-0.2, 0) is 16.0 Å². The van der Waals surface area contributed by atoms with Crippen LogP contribution in [0.15, 0.2) is 54.6 Å². The van der Waals surface area contributed by atoms with E-state index in [0.29, 0.717) is 29.7 Å². The molecule has 0 amide bonds. The Kier molecular flexibility index (Phi) is 7.89. The van der Waals surface area contributed by atoms with Crippen LogP contribution in [0.3, 0.4) is 0 Å². The normalized spacial score (nSPS) is 22.0. The van der Waals surface area contributed by atoms with Crippen LogP contribution in [0.5, 0.6) is 5.75 Å². The first-order valence-corrected chi connectivity index (χ1v) is 11.3. The minimum atomic E-state index is -0.860. The van der Waals surface area contributed by atoms with Crippen LogP contribution >= 0.6 is 0 Å². The first kappa shape index (κ1) is 23.1. The number of esters is 1. The molecular formula is C27H34O4. The van der Waals surface area contributed by atoms with E-state index >= 15 is 0 Å². The van der Waals surface area contributed by atoms with Gasteiger partial charge in [0.2, 0.25) is 0 Å². The second-order valence-corrected chi connectivity index (χ2v) is 9.14. The molecule has 0 saturated heterocycles. The highest BCUT2D eigenvalue weighted by atomic mass is 16.5. The van der Waals surface area contributed by atoms with Crippen molar-refractivity contribution in [1.82, 2.24) is 0 Å². The van der Waals surface area contributed by atoms with Crippen LogP contribution in [-0.4, -0.2) is 25.0 Å². The van der Waals surface area contributed by atoms with Crippen LogP contribution in [0.4, 0.5) is 0 Å². The van der Waals surface area contributed by atoms with Crippen molar-refractivity contribution >= 4 is 11.8 Å². The second kappa shape index (κ2) is 10.6. The summed E-state index contributed by atoms with van der Waals surface area (Å²) in [6.07, 6.45) is 3.27. The fourth-order valence-corrected chi connectivity index (χ4v) is 4.57. The molecule has 0 heterocycles. The zero-order valence-electron chi connectivity index (χ0n) is 19.0. The average Bonchev–Trinajstić information content (AvgIpc) is 2.77. The monoisotopic (exact) mass is 422 g/mol. The van der Waals surface area contributed by atoms with Gasteiger partial charge in [0.15, 0.2) is 5.78 Å². The highest BCUT2D eigenvalue weighted by Gasteiger charge is 2.37. The Morgan fingerprint density at radius 2 is 1.68 bits per heavy atom. The highest BCUT2D eigenvalue weighted by molar-refractivity contribution is 6.08. The van der Waals surface area contributed by atoms with Crippen molar-refractivity contribution in [2.75, 3.05) is 7.11 Å². The summed E-state index contributed by atoms with van der Waals surface area (Å²) < 4.78 is 11.3. The quantitative estimate of drug-likeness (QED) is 0.309. The summed E-state index contributed by atoms with van der Waals surface area (Å²) in [7, 11) is 1.62. The lowest BCUT2D eigenvalue weighted by Crippen LogP contribution is -2.39. The number of carbonyl (C=O) groups is 2. The Bertz CT molecular complexity index is 857. The lowest BCUT2D eigenvalue weighted by molar-refractivity contribution is -0.159. The smallest absolute Gasteiger partial charge is 0.317 e. The van der Waals surface area contributed by atoms with Crippen LogP contribution in [0.1, 0.15) is 56.0 Å². The summed E-state index contributed by atoms with van der Waals surface area (Å²) in [5, 5.41) is 0. The van der Waals surface area contributed by atoms with E-state index in [9.17, 15) is 9.59 Å². The maximum Gasteiger partial charge on any atom is 0.317 e. The zero-order valence-corrected chi connectivity index (χ0v) is 19.0. The average molecular weight is 423 g/mol. The molecule has 4 nitrogen and oxygen atoms in total. The number of methoxy groups -OCH3 is 1. The molecule has 1 fully saturated rings. The number of ether oxygens (including phenoxy) is 2. The van der Waals surface area contributed by atoms with E-state index in [4.69, 9.17) is 9.47 Å². The molecule has 0 spiro atoms. The number of hydrogen-bond acceptors (Lipinski definition) is 4. The molecule has 0 aromatic heterocycles. The predicted molar refractivity (Wildman–Crippen MR) is 122 cm³/mol. The molecule has 4 atom stereocenters. The minimum Gasteiger partial charge on any atom is -0.497 e. The Labute approximate surface area is 186 Å². The molecule has 0 N–H and O–H groups in total. The van der Waals surface area contributed by atoms with E-state index in [1.54, 1.807) is 19.2 Å². The van der Waals surface area contributed by atoms with E-state index < -0.39 is 11.9 Å². The molecule has 1 saturated carbocycles. The van der Waals surface area contributed by atoms with Crippen LogP contribution in [0.2, 0.25) is 0 Å². The standard InChI is InChI=1S/C27H34O4/c1-18(2)23-15-10-19(3)16-25(23)31-27(29)24(26(28)21-8-6-5-7-9-21)17-20-11-13-22(30-4)14-12-20/h5-9,11-14,18-19,23-25H,10,15-17H2,1-4H3/t19-,23+,24+,25-/m1/s1. The van der Waals surface area contributed by atoms with Gasteiger partial charge in [0.1, 0.15) is 17.8 Å². The largest absolute Gasteiger partial charge is 0.497 e. The van der Waals surface area contributed by atoms with Gasteiger partial charge in [-0.1, -0.05) is 69.7 Å². The molecule has 2 aromatic rings. The number of carbonyl (C=O) groups excluding carboxylic acids is 2. The Hall–Kier alpha value is -2.62. The maximum absolute atomic E-state index is 13.4. The van der Waals surface area contributed by atoms with E-state index in [0.717, 1.165) is 30.6 Å². The first-order valence-electron chi connectivity index (χ1n) is 11.3. The Morgan fingerprint density at radius 3 is 2.29 bits per heavy atom. The number of Topliss-reactive ketones (excluding diaryl/α,β-unsaturated/α-hetero) is 1. The molecule has 2 aromatic carbocycles. The molecular weight excluding hydrogens is 388 g/mol. The third-order valence-corrected chi connectivity index (χ3v) is 6.49. The summed E-state index contributed by atoms with van der Waals surface area (Å²) in [6, 6.07) is 16.5. The number of rotatable bonds is 8. The van der Waals surface area contributed by atoms with Gasteiger partial charge in [-0.05, 0) is 54.7 Å². The molecule has 1 aliphatic rings. The van der Waals surface area contributed by atoms with Crippen molar-refractivity contribution in [1.29, 1.82) is 0 Å². The lowest BCUT2D eigenvalue weighted by Gasteiger charge is -2.37. The van der Waals surface area contributed by atoms with Gasteiger partial charge in [0.05, 0.1) is 7.11 Å². The molecule has 3 rings (SSSR count). The van der Waals surface area contributed by atoms with Gasteiger partial charge in [-0.3, -0.25) is 9.59 Å². The molecule has 0 radical (unpaired) electrons. The van der Waals surface area contributed by atoms with Crippen molar-refractivity contribution in [3.63, 3.8) is 0 Å².